The van der Waals surface area contributed by atoms with Crippen LogP contribution >= 0.6 is 0 Å². The zero-order chi connectivity index (χ0) is 25.1. The number of rotatable bonds is 3. The average molecular weight is 483 g/mol. The van der Waals surface area contributed by atoms with Crippen molar-refractivity contribution < 1.29 is 0 Å². The van der Waals surface area contributed by atoms with E-state index in [4.69, 9.17) is 9.98 Å². The van der Waals surface area contributed by atoms with Crippen LogP contribution in [0.15, 0.2) is 143 Å². The van der Waals surface area contributed by atoms with Crippen LogP contribution in [0.2, 0.25) is 0 Å². The highest BCUT2D eigenvalue weighted by Gasteiger charge is 2.38. The Hall–Kier alpha value is -4.96. The zero-order valence-electron chi connectivity index (χ0n) is 20.6. The van der Waals surface area contributed by atoms with Gasteiger partial charge in [0.15, 0.2) is 5.84 Å². The van der Waals surface area contributed by atoms with Crippen LogP contribution in [0.4, 0.5) is 11.4 Å². The minimum atomic E-state index is -0.0469. The summed E-state index contributed by atoms with van der Waals surface area (Å²) < 4.78 is 0. The molecule has 0 saturated heterocycles. The molecule has 2 aliphatic heterocycles. The van der Waals surface area contributed by atoms with Crippen LogP contribution in [0, 0.1) is 0 Å². The Labute approximate surface area is 221 Å². The maximum absolute atomic E-state index is 5.40. The minimum Gasteiger partial charge on any atom is -0.361 e. The van der Waals surface area contributed by atoms with Gasteiger partial charge in [-0.05, 0) is 22.9 Å². The van der Waals surface area contributed by atoms with Gasteiger partial charge in [0.2, 0.25) is 0 Å². The number of nitrogens with zero attached hydrogens (tertiary/aromatic N) is 3. The van der Waals surface area contributed by atoms with Gasteiger partial charge in [0.1, 0.15) is 5.84 Å². The molecule has 0 saturated carbocycles. The molecule has 2 aliphatic rings. The highest BCUT2D eigenvalue weighted by Crippen LogP contribution is 2.40. The Bertz CT molecular complexity index is 1880. The molecule has 0 amide bonds. The van der Waals surface area contributed by atoms with Crippen LogP contribution in [0.1, 0.15) is 11.1 Å². The first-order chi connectivity index (χ1) is 18.9. The summed E-state index contributed by atoms with van der Waals surface area (Å²) in [6, 6.07) is 47.2. The van der Waals surface area contributed by atoms with Crippen molar-refractivity contribution in [2.75, 3.05) is 4.81 Å². The molecule has 4 heteroatoms. The smallest absolute Gasteiger partial charge is 0.329 e. The van der Waals surface area contributed by atoms with Crippen molar-refractivity contribution in [3.8, 4) is 0 Å². The molecule has 6 aromatic carbocycles. The van der Waals surface area contributed by atoms with E-state index in [0.29, 0.717) is 0 Å². The van der Waals surface area contributed by atoms with Crippen LogP contribution in [-0.2, 0) is 0 Å². The number of aliphatic imine (C=N–C) groups is 2. The third-order valence-corrected chi connectivity index (χ3v) is 7.66. The summed E-state index contributed by atoms with van der Waals surface area (Å²) in [7, 11) is 0. The Kier molecular flexibility index (Phi) is 4.62. The van der Waals surface area contributed by atoms with Crippen molar-refractivity contribution in [2.45, 2.75) is 0 Å². The first-order valence-corrected chi connectivity index (χ1v) is 13.0. The first-order valence-electron chi connectivity index (χ1n) is 13.0. The van der Waals surface area contributed by atoms with E-state index in [1.54, 1.807) is 0 Å². The second-order valence-corrected chi connectivity index (χ2v) is 9.83. The Morgan fingerprint density at radius 3 is 1.79 bits per heavy atom. The maximum Gasteiger partial charge on any atom is 0.329 e. The molecule has 176 valence electrons. The van der Waals surface area contributed by atoms with E-state index in [1.165, 1.54) is 38.2 Å². The first kappa shape index (κ1) is 21.2. The van der Waals surface area contributed by atoms with Gasteiger partial charge in [0.25, 0.3) is 0 Å². The van der Waals surface area contributed by atoms with Crippen molar-refractivity contribution in [2.24, 2.45) is 9.98 Å². The highest BCUT2D eigenvalue weighted by atomic mass is 15.2. The molecule has 0 spiro atoms. The summed E-state index contributed by atoms with van der Waals surface area (Å²) >= 11 is 0. The van der Waals surface area contributed by atoms with Gasteiger partial charge < -0.3 is 4.81 Å². The maximum atomic E-state index is 5.40. The van der Waals surface area contributed by atoms with Crippen molar-refractivity contribution in [1.82, 2.24) is 0 Å². The monoisotopic (exact) mass is 483 g/mol. The van der Waals surface area contributed by atoms with E-state index in [2.05, 4.69) is 138 Å². The lowest BCUT2D eigenvalue weighted by atomic mass is 9.49. The number of amidine groups is 2. The van der Waals surface area contributed by atoms with Crippen molar-refractivity contribution in [3.63, 3.8) is 0 Å². The quantitative estimate of drug-likeness (QED) is 0.266. The number of hydrogen-bond acceptors (Lipinski definition) is 2. The summed E-state index contributed by atoms with van der Waals surface area (Å²) in [6.07, 6.45) is 0. The van der Waals surface area contributed by atoms with Crippen molar-refractivity contribution in [1.29, 1.82) is 0 Å². The van der Waals surface area contributed by atoms with E-state index in [0.717, 1.165) is 28.5 Å². The fourth-order valence-corrected chi connectivity index (χ4v) is 6.05. The zero-order valence-corrected chi connectivity index (χ0v) is 20.6. The molecule has 0 unspecified atom stereocenters. The van der Waals surface area contributed by atoms with Gasteiger partial charge in [-0.1, -0.05) is 132 Å². The normalized spacial score (nSPS) is 14.5. The standard InChI is InChI=1S/C34H22BN3/c1-3-15-25(16-4-1)35(26-17-5-2-6-18-26)38-30-22-10-14-24-12-8-20-28(32(24)30)34(38)37-33-27-19-7-11-23-13-9-21-29(36-33)31(23)27/h1-22H. The topological polar surface area (TPSA) is 28.0 Å². The molecule has 0 N–H and O–H groups in total. The molecule has 0 radical (unpaired) electrons. The molecule has 0 aromatic heterocycles. The molecule has 8 rings (SSSR count). The largest absolute Gasteiger partial charge is 0.361 e. The van der Waals surface area contributed by atoms with Gasteiger partial charge >= 0.3 is 6.85 Å². The van der Waals surface area contributed by atoms with Crippen LogP contribution in [0.5, 0.6) is 0 Å². The van der Waals surface area contributed by atoms with E-state index in [1.807, 2.05) is 0 Å². The summed E-state index contributed by atoms with van der Waals surface area (Å²) in [6.45, 7) is -0.0469. The molecule has 38 heavy (non-hydrogen) atoms. The van der Waals surface area contributed by atoms with E-state index in [-0.39, 0.29) is 6.85 Å². The van der Waals surface area contributed by atoms with Gasteiger partial charge in [0.05, 0.1) is 5.69 Å². The summed E-state index contributed by atoms with van der Waals surface area (Å²) in [5.41, 5.74) is 6.82. The number of hydrogen-bond donors (Lipinski definition) is 0. The fourth-order valence-electron chi connectivity index (χ4n) is 6.05. The summed E-state index contributed by atoms with van der Waals surface area (Å²) in [5, 5.41) is 4.82. The fraction of sp³-hybridized carbons (Fsp3) is 0. The lowest BCUT2D eigenvalue weighted by molar-refractivity contribution is 1.46. The second-order valence-electron chi connectivity index (χ2n) is 9.83. The van der Waals surface area contributed by atoms with Gasteiger partial charge in [0, 0.05) is 27.6 Å². The predicted octanol–water partition coefficient (Wildman–Crippen LogP) is 6.46. The van der Waals surface area contributed by atoms with Crippen molar-refractivity contribution >= 4 is 62.4 Å². The molecular formula is C34H22BN3. The van der Waals surface area contributed by atoms with Crippen LogP contribution in [0.3, 0.4) is 0 Å². The van der Waals surface area contributed by atoms with E-state index >= 15 is 0 Å². The van der Waals surface area contributed by atoms with Crippen LogP contribution in [-0.4, -0.2) is 18.5 Å². The lowest BCUT2D eigenvalue weighted by Crippen LogP contribution is -2.58. The molecule has 0 atom stereocenters. The Balaban J connectivity index is 1.41. The molecule has 0 fully saturated rings. The SMILES string of the molecule is c1ccc(B(c2ccccc2)N2C(=NC3=Nc4cccc5cccc3c45)c3cccc4cccc2c34)cc1. The second kappa shape index (κ2) is 8.29. The Morgan fingerprint density at radius 1 is 0.526 bits per heavy atom. The molecule has 6 aromatic rings. The van der Waals surface area contributed by atoms with Gasteiger partial charge in [-0.2, -0.15) is 0 Å². The molecule has 3 nitrogen and oxygen atoms in total. The van der Waals surface area contributed by atoms with E-state index < -0.39 is 0 Å². The number of anilines is 1. The predicted molar refractivity (Wildman–Crippen MR) is 161 cm³/mol. The number of benzene rings is 6. The van der Waals surface area contributed by atoms with E-state index in [9.17, 15) is 0 Å². The van der Waals surface area contributed by atoms with Gasteiger partial charge in [-0.25, -0.2) is 9.98 Å². The Morgan fingerprint density at radius 2 is 1.11 bits per heavy atom. The molecule has 0 bridgehead atoms. The highest BCUT2D eigenvalue weighted by molar-refractivity contribution is 6.91. The summed E-state index contributed by atoms with van der Waals surface area (Å²) in [4.78, 5) is 12.8. The third kappa shape index (κ3) is 3.10. The average Bonchev–Trinajstić information content (AvgIpc) is 3.49. The van der Waals surface area contributed by atoms with Crippen LogP contribution < -0.4 is 15.7 Å². The molecule has 2 heterocycles. The third-order valence-electron chi connectivity index (χ3n) is 7.66. The van der Waals surface area contributed by atoms with Crippen LogP contribution in [0.25, 0.3) is 21.5 Å². The van der Waals surface area contributed by atoms with Crippen molar-refractivity contribution in [3.05, 3.63) is 145 Å². The molecular weight excluding hydrogens is 461 g/mol. The summed E-state index contributed by atoms with van der Waals surface area (Å²) in [5.74, 6) is 1.69. The molecule has 0 aliphatic carbocycles. The van der Waals surface area contributed by atoms with Gasteiger partial charge in [-0.3, -0.25) is 0 Å². The minimum absolute atomic E-state index is 0.0469. The lowest BCUT2D eigenvalue weighted by Gasteiger charge is -2.29. The van der Waals surface area contributed by atoms with Gasteiger partial charge in [-0.15, -0.1) is 0 Å².